The topological polar surface area (TPSA) is 45.8 Å². The van der Waals surface area contributed by atoms with Crippen LogP contribution < -0.4 is 0 Å². The molecular weight excluding hydrogens is 220 g/mol. The molecule has 0 aliphatic rings. The molecule has 2 rings (SSSR count). The van der Waals surface area contributed by atoms with Gasteiger partial charge in [-0.2, -0.15) is 5.10 Å². The van der Waals surface area contributed by atoms with Crippen molar-refractivity contribution in [2.75, 3.05) is 0 Å². The summed E-state index contributed by atoms with van der Waals surface area (Å²) < 4.78 is 0. The van der Waals surface area contributed by atoms with Crippen molar-refractivity contribution in [1.29, 1.82) is 0 Å². The lowest BCUT2D eigenvalue weighted by Crippen LogP contribution is -1.89. The number of aromatic amines is 1. The number of nitrogens with one attached hydrogen (secondary N) is 1. The first-order chi connectivity index (χ1) is 7.86. The molecule has 1 N–H and O–H groups in total. The maximum absolute atomic E-state index is 11.7. The van der Waals surface area contributed by atoms with Gasteiger partial charge in [-0.3, -0.25) is 9.89 Å². The van der Waals surface area contributed by atoms with Crippen molar-refractivity contribution in [3.63, 3.8) is 0 Å². The molecular formula is C12H10N2OS. The largest absolute Gasteiger partial charge is 0.285 e. The maximum Gasteiger partial charge on any atom is 0.223 e. The fourth-order valence-corrected chi connectivity index (χ4v) is 1.79. The lowest BCUT2D eigenvalue weighted by atomic mass is 10.2. The molecule has 4 heteroatoms. The third-order valence-corrected chi connectivity index (χ3v) is 2.69. The van der Waals surface area contributed by atoms with Gasteiger partial charge in [-0.1, -0.05) is 42.1 Å². The van der Waals surface area contributed by atoms with E-state index in [0.29, 0.717) is 5.56 Å². The van der Waals surface area contributed by atoms with Crippen LogP contribution >= 0.6 is 11.8 Å². The van der Waals surface area contributed by atoms with Gasteiger partial charge in [-0.15, -0.1) is 0 Å². The first kappa shape index (κ1) is 10.7. The van der Waals surface area contributed by atoms with Crippen LogP contribution in [0.25, 0.3) is 6.08 Å². The van der Waals surface area contributed by atoms with Crippen LogP contribution in [-0.2, 0) is 0 Å². The van der Waals surface area contributed by atoms with Crippen LogP contribution in [0, 0.1) is 0 Å². The molecule has 0 saturated heterocycles. The van der Waals surface area contributed by atoms with Crippen LogP contribution in [0.15, 0.2) is 48.1 Å². The normalized spacial score (nSPS) is 10.8. The quantitative estimate of drug-likeness (QED) is 0.881. The van der Waals surface area contributed by atoms with Gasteiger partial charge in [0.05, 0.1) is 6.20 Å². The van der Waals surface area contributed by atoms with Crippen molar-refractivity contribution in [2.24, 2.45) is 0 Å². The average Bonchev–Trinajstić information content (AvgIpc) is 2.83. The number of thioether (sulfide) groups is 1. The lowest BCUT2D eigenvalue weighted by molar-refractivity contribution is 0.109. The standard InChI is InChI=1S/C12H10N2OS/c15-12(11-4-2-1-3-5-11)16-7-6-10-8-13-14-9-10/h1-9H,(H,13,14). The van der Waals surface area contributed by atoms with E-state index in [-0.39, 0.29) is 5.12 Å². The Kier molecular flexibility index (Phi) is 3.56. The number of rotatable bonds is 3. The van der Waals surface area contributed by atoms with Crippen LogP contribution in [0.2, 0.25) is 0 Å². The Morgan fingerprint density at radius 1 is 1.31 bits per heavy atom. The lowest BCUT2D eigenvalue weighted by Gasteiger charge is -1.94. The van der Waals surface area contributed by atoms with Crippen LogP contribution in [0.4, 0.5) is 0 Å². The highest BCUT2D eigenvalue weighted by Crippen LogP contribution is 2.14. The Morgan fingerprint density at radius 2 is 2.12 bits per heavy atom. The molecule has 0 unspecified atom stereocenters. The molecule has 1 heterocycles. The zero-order chi connectivity index (χ0) is 11.2. The molecule has 0 bridgehead atoms. The highest BCUT2D eigenvalue weighted by atomic mass is 32.2. The molecule has 2 aromatic rings. The van der Waals surface area contributed by atoms with E-state index in [4.69, 9.17) is 0 Å². The van der Waals surface area contributed by atoms with Gasteiger partial charge in [0.25, 0.3) is 0 Å². The third-order valence-electron chi connectivity index (χ3n) is 1.96. The van der Waals surface area contributed by atoms with Crippen LogP contribution in [0.1, 0.15) is 15.9 Å². The molecule has 0 aliphatic carbocycles. The second kappa shape index (κ2) is 5.32. The van der Waals surface area contributed by atoms with E-state index < -0.39 is 0 Å². The van der Waals surface area contributed by atoms with E-state index in [9.17, 15) is 4.79 Å². The fourth-order valence-electron chi connectivity index (χ4n) is 1.17. The van der Waals surface area contributed by atoms with Crippen LogP contribution in [0.3, 0.4) is 0 Å². The monoisotopic (exact) mass is 230 g/mol. The Balaban J connectivity index is 1.94. The van der Waals surface area contributed by atoms with Crippen LogP contribution in [-0.4, -0.2) is 15.3 Å². The SMILES string of the molecule is O=C(SC=Cc1cn[nH]c1)c1ccccc1. The number of H-pyrrole nitrogens is 1. The van der Waals surface area contributed by atoms with Gasteiger partial charge in [0, 0.05) is 17.3 Å². The third kappa shape index (κ3) is 2.84. The molecule has 0 amide bonds. The summed E-state index contributed by atoms with van der Waals surface area (Å²) in [5.74, 6) is 0. The van der Waals surface area contributed by atoms with Crippen molar-refractivity contribution in [2.45, 2.75) is 0 Å². The first-order valence-electron chi connectivity index (χ1n) is 4.77. The van der Waals surface area contributed by atoms with Crippen molar-refractivity contribution in [3.05, 3.63) is 59.3 Å². The van der Waals surface area contributed by atoms with Gasteiger partial charge in [-0.25, -0.2) is 0 Å². The zero-order valence-electron chi connectivity index (χ0n) is 8.46. The maximum atomic E-state index is 11.7. The van der Waals surface area contributed by atoms with E-state index >= 15 is 0 Å². The van der Waals surface area contributed by atoms with E-state index in [1.807, 2.05) is 24.3 Å². The van der Waals surface area contributed by atoms with E-state index in [0.717, 1.165) is 5.56 Å². The van der Waals surface area contributed by atoms with Gasteiger partial charge in [0.1, 0.15) is 0 Å². The van der Waals surface area contributed by atoms with Gasteiger partial charge in [-0.05, 0) is 11.5 Å². The molecule has 0 saturated carbocycles. The number of carbonyl (C=O) groups is 1. The molecule has 16 heavy (non-hydrogen) atoms. The molecule has 1 aromatic carbocycles. The second-order valence-corrected chi connectivity index (χ2v) is 3.98. The summed E-state index contributed by atoms with van der Waals surface area (Å²) in [6.45, 7) is 0. The summed E-state index contributed by atoms with van der Waals surface area (Å²) in [4.78, 5) is 11.7. The van der Waals surface area contributed by atoms with E-state index in [1.165, 1.54) is 11.8 Å². The number of hydrogen-bond acceptors (Lipinski definition) is 3. The molecule has 1 aromatic heterocycles. The van der Waals surface area contributed by atoms with E-state index in [1.54, 1.807) is 29.9 Å². The summed E-state index contributed by atoms with van der Waals surface area (Å²) in [6, 6.07) is 9.21. The number of benzene rings is 1. The zero-order valence-corrected chi connectivity index (χ0v) is 9.28. The highest BCUT2D eigenvalue weighted by molar-refractivity contribution is 8.16. The Morgan fingerprint density at radius 3 is 2.81 bits per heavy atom. The predicted molar refractivity (Wildman–Crippen MR) is 66.0 cm³/mol. The number of nitrogens with zero attached hydrogens (tertiary/aromatic N) is 1. The van der Waals surface area contributed by atoms with Crippen molar-refractivity contribution in [3.8, 4) is 0 Å². The Hall–Kier alpha value is -1.81. The molecule has 0 radical (unpaired) electrons. The second-order valence-electron chi connectivity index (χ2n) is 3.11. The van der Waals surface area contributed by atoms with Gasteiger partial charge >= 0.3 is 0 Å². The molecule has 80 valence electrons. The van der Waals surface area contributed by atoms with E-state index in [2.05, 4.69) is 10.2 Å². The van der Waals surface area contributed by atoms with Crippen LogP contribution in [0.5, 0.6) is 0 Å². The molecule has 3 nitrogen and oxygen atoms in total. The summed E-state index contributed by atoms with van der Waals surface area (Å²) in [7, 11) is 0. The average molecular weight is 230 g/mol. The minimum atomic E-state index is 0.0420. The van der Waals surface area contributed by atoms with Gasteiger partial charge in [0.15, 0.2) is 0 Å². The minimum absolute atomic E-state index is 0.0420. The highest BCUT2D eigenvalue weighted by Gasteiger charge is 2.02. The number of carbonyl (C=O) groups excluding carboxylic acids is 1. The molecule has 0 spiro atoms. The van der Waals surface area contributed by atoms with Gasteiger partial charge < -0.3 is 0 Å². The summed E-state index contributed by atoms with van der Waals surface area (Å²) in [6.07, 6.45) is 5.31. The van der Waals surface area contributed by atoms with Crippen molar-refractivity contribution >= 4 is 23.0 Å². The Labute approximate surface area is 97.6 Å². The smallest absolute Gasteiger partial charge is 0.223 e. The Bertz CT molecular complexity index is 477. The summed E-state index contributed by atoms with van der Waals surface area (Å²) in [5, 5.41) is 8.32. The summed E-state index contributed by atoms with van der Waals surface area (Å²) >= 11 is 1.17. The molecule has 0 atom stereocenters. The molecule has 0 aliphatic heterocycles. The fraction of sp³-hybridized carbons (Fsp3) is 0. The number of aromatic nitrogens is 2. The molecule has 0 fully saturated rings. The minimum Gasteiger partial charge on any atom is -0.285 e. The number of hydrogen-bond donors (Lipinski definition) is 1. The van der Waals surface area contributed by atoms with Crippen molar-refractivity contribution in [1.82, 2.24) is 10.2 Å². The van der Waals surface area contributed by atoms with Crippen molar-refractivity contribution < 1.29 is 4.79 Å². The predicted octanol–water partition coefficient (Wildman–Crippen LogP) is 2.95. The van der Waals surface area contributed by atoms with Gasteiger partial charge in [0.2, 0.25) is 5.12 Å². The summed E-state index contributed by atoms with van der Waals surface area (Å²) in [5.41, 5.74) is 1.66. The first-order valence-corrected chi connectivity index (χ1v) is 5.65.